The summed E-state index contributed by atoms with van der Waals surface area (Å²) in [5.41, 5.74) is 7.71. The first-order valence-corrected chi connectivity index (χ1v) is 6.69. The van der Waals surface area contributed by atoms with E-state index in [0.717, 1.165) is 30.8 Å². The molecule has 100 valence electrons. The van der Waals surface area contributed by atoms with E-state index in [1.165, 1.54) is 0 Å². The van der Waals surface area contributed by atoms with Gasteiger partial charge in [-0.3, -0.25) is 4.79 Å². The van der Waals surface area contributed by atoms with Crippen LogP contribution in [-0.2, 0) is 7.05 Å². The van der Waals surface area contributed by atoms with E-state index in [0.29, 0.717) is 12.5 Å². The van der Waals surface area contributed by atoms with Gasteiger partial charge >= 0.3 is 0 Å². The number of carbonyl (C=O) groups is 1. The second kappa shape index (κ2) is 5.14. The Morgan fingerprint density at radius 3 is 2.78 bits per heavy atom. The van der Waals surface area contributed by atoms with Gasteiger partial charge in [-0.25, -0.2) is 0 Å². The molecular weight excluding hydrogens is 226 g/mol. The number of piperidine rings is 1. The van der Waals surface area contributed by atoms with Gasteiger partial charge in [-0.1, -0.05) is 6.92 Å². The highest BCUT2D eigenvalue weighted by molar-refractivity contribution is 5.93. The van der Waals surface area contributed by atoms with Crippen molar-refractivity contribution in [1.82, 2.24) is 9.47 Å². The number of amides is 1. The molecule has 1 aromatic rings. The van der Waals surface area contributed by atoms with E-state index in [1.54, 1.807) is 0 Å². The van der Waals surface area contributed by atoms with Gasteiger partial charge in [-0.05, 0) is 37.8 Å². The molecule has 18 heavy (non-hydrogen) atoms. The van der Waals surface area contributed by atoms with Gasteiger partial charge in [0.1, 0.15) is 5.69 Å². The predicted octanol–water partition coefficient (Wildman–Crippen LogP) is 1.53. The second-order valence-corrected chi connectivity index (χ2v) is 5.34. The first-order chi connectivity index (χ1) is 8.56. The monoisotopic (exact) mass is 249 g/mol. The van der Waals surface area contributed by atoms with Crippen molar-refractivity contribution in [3.05, 3.63) is 23.5 Å². The lowest BCUT2D eigenvalue weighted by Crippen LogP contribution is -2.51. The molecular formula is C14H23N3O. The number of hydrogen-bond acceptors (Lipinski definition) is 2. The molecule has 1 aliphatic heterocycles. The minimum Gasteiger partial charge on any atom is -0.344 e. The molecule has 4 heteroatoms. The Hall–Kier alpha value is -1.29. The SMILES string of the molecule is Cc1ccc(C(=O)N2CCCC(C)C2CN)n1C. The molecule has 2 atom stereocenters. The molecule has 2 heterocycles. The Labute approximate surface area is 109 Å². The fourth-order valence-corrected chi connectivity index (χ4v) is 2.84. The number of aromatic nitrogens is 1. The van der Waals surface area contributed by atoms with Crippen LogP contribution in [0.3, 0.4) is 0 Å². The van der Waals surface area contributed by atoms with E-state index in [1.807, 2.05) is 35.6 Å². The van der Waals surface area contributed by atoms with Gasteiger partial charge < -0.3 is 15.2 Å². The van der Waals surface area contributed by atoms with Crippen molar-refractivity contribution in [1.29, 1.82) is 0 Å². The van der Waals surface area contributed by atoms with Gasteiger partial charge in [0.05, 0.1) is 0 Å². The largest absolute Gasteiger partial charge is 0.344 e. The topological polar surface area (TPSA) is 51.3 Å². The number of carbonyl (C=O) groups excluding carboxylic acids is 1. The first-order valence-electron chi connectivity index (χ1n) is 6.69. The Morgan fingerprint density at radius 1 is 1.50 bits per heavy atom. The standard InChI is InChI=1S/C14H23N3O/c1-10-5-4-8-17(13(10)9-15)14(18)12-7-6-11(2)16(12)3/h6-7,10,13H,4-5,8-9,15H2,1-3H3. The van der Waals surface area contributed by atoms with Crippen molar-refractivity contribution >= 4 is 5.91 Å². The summed E-state index contributed by atoms with van der Waals surface area (Å²) in [6.07, 6.45) is 2.24. The van der Waals surface area contributed by atoms with E-state index in [4.69, 9.17) is 5.73 Å². The highest BCUT2D eigenvalue weighted by atomic mass is 16.2. The van der Waals surface area contributed by atoms with Crippen molar-refractivity contribution in [2.24, 2.45) is 18.7 Å². The van der Waals surface area contributed by atoms with Gasteiger partial charge in [0.25, 0.3) is 5.91 Å². The summed E-state index contributed by atoms with van der Waals surface area (Å²) in [6.45, 7) is 5.58. The Bertz CT molecular complexity index is 438. The summed E-state index contributed by atoms with van der Waals surface area (Å²) in [4.78, 5) is 14.6. The number of nitrogens with two attached hydrogens (primary N) is 1. The van der Waals surface area contributed by atoms with E-state index >= 15 is 0 Å². The normalized spacial score (nSPS) is 24.3. The van der Waals surface area contributed by atoms with Gasteiger partial charge in [0, 0.05) is 31.9 Å². The zero-order valence-corrected chi connectivity index (χ0v) is 11.5. The maximum Gasteiger partial charge on any atom is 0.270 e. The third-order valence-corrected chi connectivity index (χ3v) is 4.21. The summed E-state index contributed by atoms with van der Waals surface area (Å²) in [6, 6.07) is 4.07. The van der Waals surface area contributed by atoms with E-state index in [9.17, 15) is 4.79 Å². The van der Waals surface area contributed by atoms with E-state index in [-0.39, 0.29) is 11.9 Å². The highest BCUT2D eigenvalue weighted by Crippen LogP contribution is 2.24. The van der Waals surface area contributed by atoms with Crippen molar-refractivity contribution in [2.45, 2.75) is 32.7 Å². The zero-order chi connectivity index (χ0) is 13.3. The molecule has 1 aliphatic rings. The predicted molar refractivity (Wildman–Crippen MR) is 72.4 cm³/mol. The van der Waals surface area contributed by atoms with Crippen LogP contribution in [-0.4, -0.2) is 34.5 Å². The number of hydrogen-bond donors (Lipinski definition) is 1. The molecule has 0 spiro atoms. The lowest BCUT2D eigenvalue weighted by Gasteiger charge is -2.39. The van der Waals surface area contributed by atoms with Crippen LogP contribution in [0.2, 0.25) is 0 Å². The fraction of sp³-hybridized carbons (Fsp3) is 0.643. The number of nitrogens with zero attached hydrogens (tertiary/aromatic N) is 2. The molecule has 1 aromatic heterocycles. The highest BCUT2D eigenvalue weighted by Gasteiger charge is 2.32. The summed E-state index contributed by atoms with van der Waals surface area (Å²) < 4.78 is 1.95. The van der Waals surface area contributed by atoms with Crippen molar-refractivity contribution in [2.75, 3.05) is 13.1 Å². The molecule has 2 unspecified atom stereocenters. The minimum absolute atomic E-state index is 0.118. The summed E-state index contributed by atoms with van der Waals surface area (Å²) in [5.74, 6) is 0.613. The van der Waals surface area contributed by atoms with Gasteiger partial charge in [0.2, 0.25) is 0 Å². The maximum atomic E-state index is 12.6. The summed E-state index contributed by atoms with van der Waals surface area (Å²) in [5, 5.41) is 0. The average molecular weight is 249 g/mol. The second-order valence-electron chi connectivity index (χ2n) is 5.34. The third kappa shape index (κ3) is 2.17. The molecule has 2 N–H and O–H groups in total. The quantitative estimate of drug-likeness (QED) is 0.864. The summed E-state index contributed by atoms with van der Waals surface area (Å²) >= 11 is 0. The van der Waals surface area contributed by atoms with E-state index < -0.39 is 0 Å². The first kappa shape index (κ1) is 13.1. The van der Waals surface area contributed by atoms with Crippen LogP contribution in [0.1, 0.15) is 35.9 Å². The van der Waals surface area contributed by atoms with Crippen LogP contribution in [0, 0.1) is 12.8 Å². The molecule has 0 saturated carbocycles. The van der Waals surface area contributed by atoms with Crippen LogP contribution in [0.5, 0.6) is 0 Å². The van der Waals surface area contributed by atoms with E-state index in [2.05, 4.69) is 6.92 Å². The molecule has 1 saturated heterocycles. The molecule has 0 radical (unpaired) electrons. The molecule has 4 nitrogen and oxygen atoms in total. The molecule has 2 rings (SSSR count). The van der Waals surface area contributed by atoms with Crippen LogP contribution >= 0.6 is 0 Å². The van der Waals surface area contributed by atoms with Gasteiger partial charge in [-0.2, -0.15) is 0 Å². The van der Waals surface area contributed by atoms with Crippen LogP contribution in [0.15, 0.2) is 12.1 Å². The van der Waals surface area contributed by atoms with Crippen LogP contribution in [0.4, 0.5) is 0 Å². The Morgan fingerprint density at radius 2 is 2.22 bits per heavy atom. The van der Waals surface area contributed by atoms with Gasteiger partial charge in [0.15, 0.2) is 0 Å². The molecule has 0 aromatic carbocycles. The lowest BCUT2D eigenvalue weighted by atomic mass is 9.90. The van der Waals surface area contributed by atoms with Crippen molar-refractivity contribution in [3.8, 4) is 0 Å². The maximum absolute atomic E-state index is 12.6. The molecule has 1 amide bonds. The lowest BCUT2D eigenvalue weighted by molar-refractivity contribution is 0.0522. The smallest absolute Gasteiger partial charge is 0.270 e. The number of aryl methyl sites for hydroxylation is 1. The number of likely N-dealkylation sites (tertiary alicyclic amines) is 1. The Kier molecular flexibility index (Phi) is 3.76. The van der Waals surface area contributed by atoms with Crippen LogP contribution < -0.4 is 5.73 Å². The average Bonchev–Trinajstić information content (AvgIpc) is 2.69. The molecule has 0 bridgehead atoms. The Balaban J connectivity index is 2.24. The fourth-order valence-electron chi connectivity index (χ4n) is 2.84. The van der Waals surface area contributed by atoms with Crippen LogP contribution in [0.25, 0.3) is 0 Å². The number of rotatable bonds is 2. The van der Waals surface area contributed by atoms with Gasteiger partial charge in [-0.15, -0.1) is 0 Å². The minimum atomic E-state index is 0.118. The molecule has 0 aliphatic carbocycles. The summed E-state index contributed by atoms with van der Waals surface area (Å²) in [7, 11) is 1.94. The van der Waals surface area contributed by atoms with Crippen molar-refractivity contribution < 1.29 is 4.79 Å². The zero-order valence-electron chi connectivity index (χ0n) is 11.5. The molecule has 1 fully saturated rings. The van der Waals surface area contributed by atoms with Crippen molar-refractivity contribution in [3.63, 3.8) is 0 Å². The third-order valence-electron chi connectivity index (χ3n) is 4.21.